The van der Waals surface area contributed by atoms with Crippen molar-refractivity contribution in [3.63, 3.8) is 0 Å². The number of carboxylic acid groups (broad SMARTS) is 1. The number of aliphatic carboxylic acids is 1. The first-order valence-corrected chi connectivity index (χ1v) is 12.8. The smallest absolute Gasteiger partial charge is 0.416 e. The minimum absolute atomic E-state index is 0.0566. The number of carboxylic acids is 1. The van der Waals surface area contributed by atoms with E-state index in [1.165, 1.54) is 45.2 Å². The molecule has 2 unspecified atom stereocenters. The lowest BCUT2D eigenvalue weighted by molar-refractivity contribution is -0.149. The number of carbonyl (C=O) groups excluding carboxylic acids is 1. The number of aromatic nitrogens is 5. The third kappa shape index (κ3) is 5.01. The van der Waals surface area contributed by atoms with Crippen LogP contribution in [0.15, 0.2) is 52.7 Å². The number of amides is 1. The highest BCUT2D eigenvalue weighted by Gasteiger charge is 2.53. The number of hydrogen-bond acceptors (Lipinski definition) is 10. The van der Waals surface area contributed by atoms with Crippen molar-refractivity contribution in [1.29, 1.82) is 0 Å². The lowest BCUT2D eigenvalue weighted by Crippen LogP contribution is -2.70. The lowest BCUT2D eigenvalue weighted by atomic mass is 10.0. The molecule has 11 nitrogen and oxygen atoms in total. The van der Waals surface area contributed by atoms with E-state index in [-0.39, 0.29) is 23.6 Å². The van der Waals surface area contributed by atoms with E-state index in [1.54, 1.807) is 12.1 Å². The second kappa shape index (κ2) is 9.92. The van der Waals surface area contributed by atoms with Gasteiger partial charge in [-0.15, -0.1) is 38.4 Å². The van der Waals surface area contributed by atoms with Crippen molar-refractivity contribution in [2.75, 3.05) is 18.1 Å². The number of fused-ring (bicyclic) bond motifs is 2. The summed E-state index contributed by atoms with van der Waals surface area (Å²) in [5.41, 5.74) is 0.0942. The number of aliphatic hydroxyl groups is 1. The minimum atomic E-state index is -4.54. The zero-order chi connectivity index (χ0) is 26.3. The van der Waals surface area contributed by atoms with E-state index in [9.17, 15) is 33.0 Å². The Kier molecular flexibility index (Phi) is 6.82. The summed E-state index contributed by atoms with van der Waals surface area (Å²) in [6, 6.07) is 6.94. The number of carbonyl (C=O) groups is 2. The molecule has 2 aliphatic heterocycles. The summed E-state index contributed by atoms with van der Waals surface area (Å²) in [5.74, 6) is -1.09. The van der Waals surface area contributed by atoms with Crippen LogP contribution in [0, 0.1) is 0 Å². The van der Waals surface area contributed by atoms with Crippen molar-refractivity contribution in [1.82, 2.24) is 35.5 Å². The van der Waals surface area contributed by atoms with E-state index in [1.807, 2.05) is 0 Å². The zero-order valence-corrected chi connectivity index (χ0v) is 20.3. The Morgan fingerprint density at radius 2 is 2.11 bits per heavy atom. The minimum Gasteiger partial charge on any atom is -0.477 e. The van der Waals surface area contributed by atoms with Crippen LogP contribution in [0.4, 0.5) is 13.2 Å². The molecule has 2 aromatic heterocycles. The Balaban J connectivity index is 1.24. The van der Waals surface area contributed by atoms with Crippen LogP contribution in [0.1, 0.15) is 17.2 Å². The highest BCUT2D eigenvalue weighted by molar-refractivity contribution is 8.01. The molecule has 37 heavy (non-hydrogen) atoms. The molecule has 3 atom stereocenters. The predicted molar refractivity (Wildman–Crippen MR) is 125 cm³/mol. The van der Waals surface area contributed by atoms with E-state index >= 15 is 0 Å². The molecule has 3 aromatic rings. The number of benzene rings is 1. The van der Waals surface area contributed by atoms with Crippen molar-refractivity contribution in [3.8, 4) is 0 Å². The summed E-state index contributed by atoms with van der Waals surface area (Å²) in [6.07, 6.45) is -5.83. The van der Waals surface area contributed by atoms with Gasteiger partial charge in [0.15, 0.2) is 5.65 Å². The maximum atomic E-state index is 13.0. The molecule has 0 spiro atoms. The number of aliphatic hydroxyl groups excluding tert-OH is 1. The molecular formula is C21H18F3N7O4S2. The Hall–Kier alpha value is -3.21. The van der Waals surface area contributed by atoms with Gasteiger partial charge in [0.05, 0.1) is 11.7 Å². The summed E-state index contributed by atoms with van der Waals surface area (Å²) in [4.78, 5) is 26.1. The fraction of sp³-hybridized carbons (Fsp3) is 0.333. The predicted octanol–water partition coefficient (Wildman–Crippen LogP) is 1.58. The first-order valence-electron chi connectivity index (χ1n) is 10.8. The Bertz CT molecular complexity index is 1400. The van der Waals surface area contributed by atoms with Gasteiger partial charge >= 0.3 is 12.1 Å². The highest BCUT2D eigenvalue weighted by Crippen LogP contribution is 2.41. The van der Waals surface area contributed by atoms with Crippen LogP contribution in [0.25, 0.3) is 5.65 Å². The first-order chi connectivity index (χ1) is 17.6. The Labute approximate surface area is 215 Å². The van der Waals surface area contributed by atoms with Crippen molar-refractivity contribution in [2.45, 2.75) is 28.7 Å². The Morgan fingerprint density at radius 3 is 2.86 bits per heavy atom. The molecule has 194 valence electrons. The van der Waals surface area contributed by atoms with Crippen LogP contribution < -0.4 is 5.32 Å². The second-order valence-corrected chi connectivity index (χ2v) is 10.3. The zero-order valence-electron chi connectivity index (χ0n) is 18.7. The van der Waals surface area contributed by atoms with Gasteiger partial charge in [-0.3, -0.25) is 9.69 Å². The van der Waals surface area contributed by atoms with Gasteiger partial charge in [-0.2, -0.15) is 13.2 Å². The van der Waals surface area contributed by atoms with Gasteiger partial charge in [-0.25, -0.2) is 4.79 Å². The van der Waals surface area contributed by atoms with E-state index in [4.69, 9.17) is 0 Å². The van der Waals surface area contributed by atoms with E-state index < -0.39 is 41.1 Å². The molecule has 1 fully saturated rings. The van der Waals surface area contributed by atoms with Gasteiger partial charge in [0, 0.05) is 18.1 Å². The fourth-order valence-electron chi connectivity index (χ4n) is 4.00. The van der Waals surface area contributed by atoms with E-state index in [0.717, 1.165) is 12.1 Å². The van der Waals surface area contributed by atoms with Crippen molar-refractivity contribution < 1.29 is 33.0 Å². The summed E-state index contributed by atoms with van der Waals surface area (Å²) in [6.45, 7) is -0.178. The molecular weight excluding hydrogens is 535 g/mol. The average molecular weight is 554 g/mol. The number of hydrogen-bond donors (Lipinski definition) is 3. The molecule has 0 saturated carbocycles. The monoisotopic (exact) mass is 553 g/mol. The summed E-state index contributed by atoms with van der Waals surface area (Å²) < 4.78 is 40.1. The highest BCUT2D eigenvalue weighted by atomic mass is 32.2. The number of nitrogens with one attached hydrogen (secondary N) is 1. The topological polar surface area (TPSA) is 146 Å². The molecule has 1 amide bonds. The SMILES string of the molecule is O=C(O)C1=C(CSc2ccc3nnnn3n2)CS[C@H]2C(NCC(O)c3cccc(C(F)(F)F)c3)C(=O)N12. The van der Waals surface area contributed by atoms with Gasteiger partial charge in [0.2, 0.25) is 5.91 Å². The number of tetrazole rings is 1. The molecule has 5 rings (SSSR count). The first kappa shape index (κ1) is 25.4. The molecule has 1 saturated heterocycles. The van der Waals surface area contributed by atoms with Gasteiger partial charge in [-0.1, -0.05) is 12.1 Å². The number of rotatable bonds is 8. The largest absolute Gasteiger partial charge is 0.477 e. The van der Waals surface area contributed by atoms with Gasteiger partial charge < -0.3 is 15.5 Å². The maximum absolute atomic E-state index is 13.0. The summed E-state index contributed by atoms with van der Waals surface area (Å²) in [5, 5.41) is 38.4. The van der Waals surface area contributed by atoms with Crippen LogP contribution in [0.2, 0.25) is 0 Å². The van der Waals surface area contributed by atoms with Crippen LogP contribution in [0.5, 0.6) is 0 Å². The fourth-order valence-corrected chi connectivity index (χ4v) is 6.36. The quantitative estimate of drug-likeness (QED) is 0.276. The average Bonchev–Trinajstić information content (AvgIpc) is 3.34. The van der Waals surface area contributed by atoms with Crippen LogP contribution in [-0.4, -0.2) is 81.7 Å². The van der Waals surface area contributed by atoms with Gasteiger partial charge in [-0.05, 0) is 45.8 Å². The van der Waals surface area contributed by atoms with E-state index in [2.05, 4.69) is 25.9 Å². The van der Waals surface area contributed by atoms with Crippen molar-refractivity contribution in [3.05, 3.63) is 58.8 Å². The molecule has 0 radical (unpaired) electrons. The Morgan fingerprint density at radius 1 is 1.30 bits per heavy atom. The van der Waals surface area contributed by atoms with Crippen molar-refractivity contribution >= 4 is 41.0 Å². The third-order valence-electron chi connectivity index (χ3n) is 5.82. The number of thioether (sulfide) groups is 2. The maximum Gasteiger partial charge on any atom is 0.416 e. The molecule has 0 aliphatic carbocycles. The van der Waals surface area contributed by atoms with Gasteiger partial charge in [0.1, 0.15) is 22.1 Å². The number of nitrogens with zero attached hydrogens (tertiary/aromatic N) is 6. The number of halogens is 3. The molecule has 16 heteroatoms. The molecule has 3 N–H and O–H groups in total. The van der Waals surface area contributed by atoms with Crippen LogP contribution in [0.3, 0.4) is 0 Å². The molecule has 0 bridgehead atoms. The molecule has 4 heterocycles. The normalized spacial score (nSPS) is 20.6. The number of alkyl halides is 3. The molecule has 1 aromatic carbocycles. The summed E-state index contributed by atoms with van der Waals surface area (Å²) >= 11 is 2.65. The third-order valence-corrected chi connectivity index (χ3v) is 8.16. The van der Waals surface area contributed by atoms with E-state index in [0.29, 0.717) is 22.0 Å². The number of β-lactam (4-membered cyclic amide) rings is 1. The van der Waals surface area contributed by atoms with Crippen molar-refractivity contribution in [2.24, 2.45) is 0 Å². The summed E-state index contributed by atoms with van der Waals surface area (Å²) in [7, 11) is 0. The lowest BCUT2D eigenvalue weighted by Gasteiger charge is -2.50. The molecule has 2 aliphatic rings. The van der Waals surface area contributed by atoms with Crippen LogP contribution in [-0.2, 0) is 15.8 Å². The standard InChI is InChI=1S/C21H18F3N7O4S2/c22-21(23,24)12-3-1-2-10(6-12)13(32)7-25-16-18(33)30-17(20(34)35)11(9-37-19(16)30)8-36-15-5-4-14-26-28-29-31(14)27-15/h1-6,13,16,19,25,32H,7-9H2,(H,34,35)/t13?,16?,19-/m0/s1. The second-order valence-electron chi connectivity index (χ2n) is 8.18. The van der Waals surface area contributed by atoms with Crippen LogP contribution >= 0.6 is 23.5 Å². The van der Waals surface area contributed by atoms with Gasteiger partial charge in [0.25, 0.3) is 0 Å².